The summed E-state index contributed by atoms with van der Waals surface area (Å²) < 4.78 is 0. The molecule has 0 unspecified atom stereocenters. The maximum atomic E-state index is 11.2. The van der Waals surface area contributed by atoms with Crippen molar-refractivity contribution in [1.82, 2.24) is 0 Å². The van der Waals surface area contributed by atoms with Crippen LogP contribution >= 0.6 is 0 Å². The molecule has 4 rings (SSSR count). The molecule has 1 aliphatic rings. The van der Waals surface area contributed by atoms with Crippen LogP contribution in [0.4, 0.5) is 0 Å². The number of hydrogen-bond acceptors (Lipinski definition) is 1. The summed E-state index contributed by atoms with van der Waals surface area (Å²) in [6, 6.07) is 24.9. The van der Waals surface area contributed by atoms with Gasteiger partial charge in [0.05, 0.1) is 0 Å². The Bertz CT molecular complexity index is 1090. The molecule has 0 saturated carbocycles. The van der Waals surface area contributed by atoms with Gasteiger partial charge in [-0.05, 0) is 61.1 Å². The number of rotatable bonds is 4. The maximum Gasteiger partial charge on any atom is 0.126 e. The lowest BCUT2D eigenvalue weighted by Crippen LogP contribution is -2.02. The van der Waals surface area contributed by atoms with E-state index in [-0.39, 0.29) is 5.92 Å². The van der Waals surface area contributed by atoms with E-state index < -0.39 is 0 Å². The fourth-order valence-corrected chi connectivity index (χ4v) is 4.58. The van der Waals surface area contributed by atoms with Crippen LogP contribution in [0.2, 0.25) is 0 Å². The highest BCUT2D eigenvalue weighted by molar-refractivity contribution is 5.77. The van der Waals surface area contributed by atoms with E-state index in [2.05, 4.69) is 70.2 Å². The average molecular weight is 381 g/mol. The van der Waals surface area contributed by atoms with Crippen LogP contribution in [-0.2, 0) is 6.42 Å². The van der Waals surface area contributed by atoms with Crippen LogP contribution in [0, 0.1) is 0 Å². The Kier molecular flexibility index (Phi) is 5.15. The minimum atomic E-state index is 0.281. The summed E-state index contributed by atoms with van der Waals surface area (Å²) in [5.41, 5.74) is 11.1. The number of hydrogen-bond donors (Lipinski definition) is 1. The minimum absolute atomic E-state index is 0.281. The van der Waals surface area contributed by atoms with Gasteiger partial charge in [-0.1, -0.05) is 83.9 Å². The summed E-state index contributed by atoms with van der Waals surface area (Å²) in [7, 11) is 0. The van der Waals surface area contributed by atoms with Crippen LogP contribution in [0.1, 0.15) is 50.3 Å². The zero-order valence-corrected chi connectivity index (χ0v) is 17.7. The third-order valence-electron chi connectivity index (χ3n) is 6.53. The van der Waals surface area contributed by atoms with Crippen LogP contribution in [0.3, 0.4) is 0 Å². The van der Waals surface area contributed by atoms with Gasteiger partial charge < -0.3 is 5.11 Å². The van der Waals surface area contributed by atoms with Crippen molar-refractivity contribution in [3.05, 3.63) is 112 Å². The van der Waals surface area contributed by atoms with Crippen molar-refractivity contribution in [2.45, 2.75) is 40.0 Å². The Morgan fingerprint density at radius 1 is 0.655 bits per heavy atom. The Morgan fingerprint density at radius 2 is 1.24 bits per heavy atom. The lowest BCUT2D eigenvalue weighted by atomic mass is 9.83. The molecule has 0 aliphatic heterocycles. The molecule has 0 fully saturated rings. The van der Waals surface area contributed by atoms with Gasteiger partial charge in [-0.3, -0.25) is 0 Å². The van der Waals surface area contributed by atoms with Crippen LogP contribution in [0.5, 0.6) is 5.75 Å². The van der Waals surface area contributed by atoms with Crippen molar-refractivity contribution in [3.8, 4) is 16.9 Å². The van der Waals surface area contributed by atoms with Crippen molar-refractivity contribution < 1.29 is 5.11 Å². The molecule has 0 heterocycles. The van der Waals surface area contributed by atoms with Crippen LogP contribution in [0.15, 0.2) is 95.1 Å². The highest BCUT2D eigenvalue weighted by Crippen LogP contribution is 2.47. The summed E-state index contributed by atoms with van der Waals surface area (Å²) in [6.45, 7) is 8.91. The molecule has 0 radical (unpaired) electrons. The van der Waals surface area contributed by atoms with Crippen molar-refractivity contribution in [2.24, 2.45) is 0 Å². The maximum absolute atomic E-state index is 11.2. The third-order valence-corrected chi connectivity index (χ3v) is 6.53. The van der Waals surface area contributed by atoms with Gasteiger partial charge in [0.25, 0.3) is 0 Å². The first-order valence-electron chi connectivity index (χ1n) is 10.3. The van der Waals surface area contributed by atoms with Crippen molar-refractivity contribution >= 4 is 0 Å². The SMILES string of the molecule is CC1=C(C)C(c2ccccc2-c2cccc(Cc3ccccc3)c2O)C(C)=C1C. The highest BCUT2D eigenvalue weighted by atomic mass is 16.3. The molecule has 0 bridgehead atoms. The molecule has 3 aromatic carbocycles. The van der Waals surface area contributed by atoms with Crippen molar-refractivity contribution in [2.75, 3.05) is 0 Å². The highest BCUT2D eigenvalue weighted by Gasteiger charge is 2.28. The minimum Gasteiger partial charge on any atom is -0.507 e. The number of phenols is 1. The van der Waals surface area contributed by atoms with Crippen LogP contribution in [0.25, 0.3) is 11.1 Å². The van der Waals surface area contributed by atoms with Gasteiger partial charge in [0.1, 0.15) is 5.75 Å². The molecule has 29 heavy (non-hydrogen) atoms. The van der Waals surface area contributed by atoms with Gasteiger partial charge >= 0.3 is 0 Å². The Labute approximate surface area is 174 Å². The fourth-order valence-electron chi connectivity index (χ4n) is 4.58. The number of aromatic hydroxyl groups is 1. The monoisotopic (exact) mass is 380 g/mol. The van der Waals surface area contributed by atoms with Crippen molar-refractivity contribution in [3.63, 3.8) is 0 Å². The van der Waals surface area contributed by atoms with E-state index in [1.54, 1.807) is 0 Å². The van der Waals surface area contributed by atoms with Gasteiger partial charge in [-0.15, -0.1) is 0 Å². The first kappa shape index (κ1) is 19.3. The number of phenolic OH excluding ortho intramolecular Hbond substituents is 1. The normalized spacial score (nSPS) is 14.8. The quantitative estimate of drug-likeness (QED) is 0.499. The van der Waals surface area contributed by atoms with E-state index >= 15 is 0 Å². The average Bonchev–Trinajstić information content (AvgIpc) is 2.93. The predicted octanol–water partition coefficient (Wildman–Crippen LogP) is 7.42. The number of benzene rings is 3. The van der Waals surface area contributed by atoms with Crippen LogP contribution < -0.4 is 0 Å². The smallest absolute Gasteiger partial charge is 0.126 e. The molecular formula is C28H28O. The van der Waals surface area contributed by atoms with E-state index in [0.717, 1.165) is 23.1 Å². The number of allylic oxidation sites excluding steroid dienone is 4. The lowest BCUT2D eigenvalue weighted by Gasteiger charge is -2.21. The summed E-state index contributed by atoms with van der Waals surface area (Å²) >= 11 is 0. The van der Waals surface area contributed by atoms with Gasteiger partial charge in [0, 0.05) is 17.9 Å². The summed E-state index contributed by atoms with van der Waals surface area (Å²) in [4.78, 5) is 0. The molecule has 1 N–H and O–H groups in total. The molecule has 3 aromatic rings. The molecule has 1 aliphatic carbocycles. The first-order chi connectivity index (χ1) is 14.0. The fraction of sp³-hybridized carbons (Fsp3) is 0.214. The summed E-state index contributed by atoms with van der Waals surface area (Å²) in [5.74, 6) is 0.668. The second-order valence-corrected chi connectivity index (χ2v) is 8.11. The van der Waals surface area contributed by atoms with E-state index in [0.29, 0.717) is 5.75 Å². The van der Waals surface area contributed by atoms with Gasteiger partial charge in [0.15, 0.2) is 0 Å². The molecule has 0 saturated heterocycles. The molecule has 0 atom stereocenters. The molecule has 1 nitrogen and oxygen atoms in total. The summed E-state index contributed by atoms with van der Waals surface area (Å²) in [6.07, 6.45) is 0.724. The largest absolute Gasteiger partial charge is 0.507 e. The lowest BCUT2D eigenvalue weighted by molar-refractivity contribution is 0.471. The number of para-hydroxylation sites is 1. The van der Waals surface area contributed by atoms with Gasteiger partial charge in [-0.2, -0.15) is 0 Å². The zero-order valence-electron chi connectivity index (χ0n) is 17.7. The topological polar surface area (TPSA) is 20.2 Å². The molecular weight excluding hydrogens is 352 g/mol. The predicted molar refractivity (Wildman–Crippen MR) is 122 cm³/mol. The Morgan fingerprint density at radius 3 is 1.93 bits per heavy atom. The van der Waals surface area contributed by atoms with Gasteiger partial charge in [0.2, 0.25) is 0 Å². The van der Waals surface area contributed by atoms with E-state index in [9.17, 15) is 5.11 Å². The molecule has 1 heteroatoms. The summed E-state index contributed by atoms with van der Waals surface area (Å²) in [5, 5.41) is 11.2. The van der Waals surface area contributed by atoms with Crippen LogP contribution in [-0.4, -0.2) is 5.11 Å². The van der Waals surface area contributed by atoms with Crippen molar-refractivity contribution in [1.29, 1.82) is 0 Å². The third kappa shape index (κ3) is 3.42. The molecule has 146 valence electrons. The van der Waals surface area contributed by atoms with E-state index in [1.165, 1.54) is 33.4 Å². The van der Waals surface area contributed by atoms with E-state index in [4.69, 9.17) is 0 Å². The van der Waals surface area contributed by atoms with E-state index in [1.807, 2.05) is 30.3 Å². The first-order valence-corrected chi connectivity index (χ1v) is 10.3. The second kappa shape index (κ2) is 7.75. The second-order valence-electron chi connectivity index (χ2n) is 8.11. The standard InChI is InChI=1S/C28H28O/c1-18-19(2)21(4)27(20(18)3)25-15-9-8-14-24(25)26-16-10-13-23(28(26)29)17-22-11-6-5-7-12-22/h5-16,27,29H,17H2,1-4H3. The Hall–Kier alpha value is -3.06. The molecule has 0 aromatic heterocycles. The van der Waals surface area contributed by atoms with Gasteiger partial charge in [-0.25, -0.2) is 0 Å². The Balaban J connectivity index is 1.81. The molecule has 0 spiro atoms. The zero-order chi connectivity index (χ0) is 20.5. The molecule has 0 amide bonds.